The van der Waals surface area contributed by atoms with Gasteiger partial charge >= 0.3 is 6.09 Å². The largest absolute Gasteiger partial charge is 0.444 e. The molecular weight excluding hydrogens is 444 g/mol. The van der Waals surface area contributed by atoms with Gasteiger partial charge in [-0.15, -0.1) is 0 Å². The SMILES string of the molecule is CC(C)(C)OC(=O)N1CCN(c2cc(C(N)=O)cc(-c3ccnc(NC4CCCCC4)c3)n2)CC1. The number of ether oxygens (including phenoxy) is 1. The number of piperazine rings is 1. The predicted molar refractivity (Wildman–Crippen MR) is 137 cm³/mol. The van der Waals surface area contributed by atoms with Gasteiger partial charge in [0.25, 0.3) is 0 Å². The molecule has 1 saturated heterocycles. The number of carbonyl (C=O) groups excluding carboxylic acids is 2. The van der Waals surface area contributed by atoms with Crippen LogP contribution in [0, 0.1) is 0 Å². The zero-order valence-electron chi connectivity index (χ0n) is 20.9. The van der Waals surface area contributed by atoms with Crippen molar-refractivity contribution >= 4 is 23.6 Å². The van der Waals surface area contributed by atoms with E-state index < -0.39 is 11.5 Å². The van der Waals surface area contributed by atoms with Crippen LogP contribution in [0.1, 0.15) is 63.2 Å². The lowest BCUT2D eigenvalue weighted by Gasteiger charge is -2.36. The average molecular weight is 481 g/mol. The van der Waals surface area contributed by atoms with Gasteiger partial charge in [-0.25, -0.2) is 14.8 Å². The van der Waals surface area contributed by atoms with E-state index >= 15 is 0 Å². The van der Waals surface area contributed by atoms with E-state index in [4.69, 9.17) is 15.5 Å². The normalized spacial score (nSPS) is 17.2. The van der Waals surface area contributed by atoms with Crippen LogP contribution in [0.15, 0.2) is 30.5 Å². The zero-order chi connectivity index (χ0) is 25.0. The maximum atomic E-state index is 12.4. The monoisotopic (exact) mass is 480 g/mol. The number of hydrogen-bond acceptors (Lipinski definition) is 7. The highest BCUT2D eigenvalue weighted by Crippen LogP contribution is 2.27. The molecule has 0 spiro atoms. The molecule has 35 heavy (non-hydrogen) atoms. The number of nitrogens with zero attached hydrogens (tertiary/aromatic N) is 4. The maximum Gasteiger partial charge on any atom is 0.410 e. The van der Waals surface area contributed by atoms with Gasteiger partial charge in [-0.1, -0.05) is 19.3 Å². The van der Waals surface area contributed by atoms with Crippen molar-refractivity contribution in [2.24, 2.45) is 5.73 Å². The van der Waals surface area contributed by atoms with Crippen LogP contribution in [0.2, 0.25) is 0 Å². The van der Waals surface area contributed by atoms with E-state index in [1.54, 1.807) is 23.2 Å². The Hall–Kier alpha value is -3.36. The minimum Gasteiger partial charge on any atom is -0.444 e. The van der Waals surface area contributed by atoms with Gasteiger partial charge in [0.1, 0.15) is 17.2 Å². The van der Waals surface area contributed by atoms with Crippen LogP contribution in [-0.2, 0) is 4.74 Å². The Bertz CT molecular complexity index is 1050. The van der Waals surface area contributed by atoms with Crippen molar-refractivity contribution in [2.45, 2.75) is 64.5 Å². The van der Waals surface area contributed by atoms with Gasteiger partial charge < -0.3 is 25.6 Å². The van der Waals surface area contributed by atoms with Crippen LogP contribution in [0.5, 0.6) is 0 Å². The van der Waals surface area contributed by atoms with E-state index in [1.807, 2.05) is 32.9 Å². The number of carbonyl (C=O) groups is 2. The summed E-state index contributed by atoms with van der Waals surface area (Å²) in [6.07, 6.45) is 7.53. The fourth-order valence-electron chi connectivity index (χ4n) is 4.54. The Kier molecular flexibility index (Phi) is 7.42. The number of anilines is 2. The summed E-state index contributed by atoms with van der Waals surface area (Å²) >= 11 is 0. The predicted octanol–water partition coefficient (Wildman–Crippen LogP) is 4.04. The molecule has 3 heterocycles. The zero-order valence-corrected chi connectivity index (χ0v) is 20.9. The molecule has 9 nitrogen and oxygen atoms in total. The number of rotatable bonds is 5. The van der Waals surface area contributed by atoms with Crippen LogP contribution in [0.3, 0.4) is 0 Å². The highest BCUT2D eigenvalue weighted by molar-refractivity contribution is 5.94. The van der Waals surface area contributed by atoms with Gasteiger partial charge in [0, 0.05) is 49.5 Å². The average Bonchev–Trinajstić information content (AvgIpc) is 2.83. The van der Waals surface area contributed by atoms with E-state index in [2.05, 4.69) is 15.2 Å². The van der Waals surface area contributed by atoms with Gasteiger partial charge in [0.15, 0.2) is 0 Å². The van der Waals surface area contributed by atoms with Crippen molar-refractivity contribution in [3.05, 3.63) is 36.0 Å². The minimum absolute atomic E-state index is 0.313. The summed E-state index contributed by atoms with van der Waals surface area (Å²) in [5.74, 6) is 0.976. The number of hydrogen-bond donors (Lipinski definition) is 2. The molecule has 0 unspecified atom stereocenters. The summed E-state index contributed by atoms with van der Waals surface area (Å²) in [6, 6.07) is 7.75. The summed E-state index contributed by atoms with van der Waals surface area (Å²) in [6.45, 7) is 7.76. The molecule has 1 aliphatic heterocycles. The first-order valence-electron chi connectivity index (χ1n) is 12.5. The molecule has 2 aromatic rings. The van der Waals surface area contributed by atoms with Crippen LogP contribution >= 0.6 is 0 Å². The van der Waals surface area contributed by atoms with Crippen LogP contribution < -0.4 is 16.0 Å². The van der Waals surface area contributed by atoms with Crippen LogP contribution in [-0.4, -0.2) is 64.7 Å². The first kappa shape index (κ1) is 24.8. The summed E-state index contributed by atoms with van der Waals surface area (Å²) in [5.41, 5.74) is 7.06. The van der Waals surface area contributed by atoms with E-state index in [9.17, 15) is 9.59 Å². The highest BCUT2D eigenvalue weighted by Gasteiger charge is 2.27. The fourth-order valence-corrected chi connectivity index (χ4v) is 4.54. The van der Waals surface area contributed by atoms with Gasteiger partial charge in [0.2, 0.25) is 5.91 Å². The molecule has 0 bridgehead atoms. The third-order valence-electron chi connectivity index (χ3n) is 6.36. The molecule has 0 radical (unpaired) electrons. The van der Waals surface area contributed by atoms with Gasteiger partial charge in [-0.3, -0.25) is 4.79 Å². The van der Waals surface area contributed by atoms with Gasteiger partial charge in [-0.2, -0.15) is 0 Å². The van der Waals surface area contributed by atoms with Crippen LogP contribution in [0.4, 0.5) is 16.4 Å². The first-order chi connectivity index (χ1) is 16.7. The smallest absolute Gasteiger partial charge is 0.410 e. The Morgan fingerprint density at radius 2 is 1.77 bits per heavy atom. The van der Waals surface area contributed by atoms with Crippen LogP contribution in [0.25, 0.3) is 11.3 Å². The third kappa shape index (κ3) is 6.61. The number of primary amides is 1. The number of aromatic nitrogens is 2. The fraction of sp³-hybridized carbons (Fsp3) is 0.538. The molecule has 1 aliphatic carbocycles. The second kappa shape index (κ2) is 10.5. The van der Waals surface area contributed by atoms with Gasteiger partial charge in [-0.05, 0) is 57.9 Å². The highest BCUT2D eigenvalue weighted by atomic mass is 16.6. The summed E-state index contributed by atoms with van der Waals surface area (Å²) in [7, 11) is 0. The van der Waals surface area contributed by atoms with Crippen molar-refractivity contribution in [3.8, 4) is 11.3 Å². The third-order valence-corrected chi connectivity index (χ3v) is 6.36. The molecular formula is C26H36N6O3. The summed E-state index contributed by atoms with van der Waals surface area (Å²) in [4.78, 5) is 37.6. The topological polar surface area (TPSA) is 114 Å². The van der Waals surface area contributed by atoms with Crippen molar-refractivity contribution in [1.82, 2.24) is 14.9 Å². The maximum absolute atomic E-state index is 12.4. The Morgan fingerprint density at radius 3 is 2.43 bits per heavy atom. The lowest BCUT2D eigenvalue weighted by molar-refractivity contribution is 0.0240. The number of nitrogens with one attached hydrogen (secondary N) is 1. The molecule has 188 valence electrons. The molecule has 2 fully saturated rings. The molecule has 2 aromatic heterocycles. The second-order valence-electron chi connectivity index (χ2n) is 10.3. The number of nitrogens with two attached hydrogens (primary N) is 1. The lowest BCUT2D eigenvalue weighted by Crippen LogP contribution is -2.50. The number of pyridine rings is 2. The molecule has 2 amide bonds. The van der Waals surface area contributed by atoms with Crippen molar-refractivity contribution in [1.29, 1.82) is 0 Å². The van der Waals surface area contributed by atoms with Crippen molar-refractivity contribution < 1.29 is 14.3 Å². The first-order valence-corrected chi connectivity index (χ1v) is 12.5. The molecule has 1 saturated carbocycles. The minimum atomic E-state index is -0.532. The Balaban J connectivity index is 1.51. The molecule has 0 aromatic carbocycles. The molecule has 9 heteroatoms. The molecule has 2 aliphatic rings. The Morgan fingerprint density at radius 1 is 1.06 bits per heavy atom. The summed E-state index contributed by atoms with van der Waals surface area (Å²) < 4.78 is 5.49. The standard InChI is InChI=1S/C26H36N6O3/c1-26(2,3)35-25(34)32-13-11-31(12-14-32)23-17-19(24(27)33)15-21(30-23)18-9-10-28-22(16-18)29-20-7-5-4-6-8-20/h9-10,15-17,20H,4-8,11-14H2,1-3H3,(H2,27,33)(H,28,29). The molecule has 3 N–H and O–H groups in total. The lowest BCUT2D eigenvalue weighted by atomic mass is 9.95. The molecule has 4 rings (SSSR count). The van der Waals surface area contributed by atoms with Crippen molar-refractivity contribution in [2.75, 3.05) is 36.4 Å². The quantitative estimate of drug-likeness (QED) is 0.664. The Labute approximate surface area is 207 Å². The van der Waals surface area contributed by atoms with Crippen molar-refractivity contribution in [3.63, 3.8) is 0 Å². The van der Waals surface area contributed by atoms with E-state index in [-0.39, 0.29) is 6.09 Å². The second-order valence-corrected chi connectivity index (χ2v) is 10.3. The summed E-state index contributed by atoms with van der Waals surface area (Å²) in [5, 5.41) is 3.55. The number of amides is 2. The van der Waals surface area contributed by atoms with E-state index in [0.717, 1.165) is 24.2 Å². The molecule has 0 atom stereocenters. The van der Waals surface area contributed by atoms with E-state index in [0.29, 0.717) is 49.3 Å². The van der Waals surface area contributed by atoms with E-state index in [1.165, 1.54) is 19.3 Å². The van der Waals surface area contributed by atoms with Gasteiger partial charge in [0.05, 0.1) is 5.69 Å².